The van der Waals surface area contributed by atoms with Crippen LogP contribution in [-0.4, -0.2) is 34.9 Å². The molecule has 50 heavy (non-hydrogen) atoms. The summed E-state index contributed by atoms with van der Waals surface area (Å²) < 4.78 is 0. The van der Waals surface area contributed by atoms with E-state index in [2.05, 4.69) is 52.4 Å². The van der Waals surface area contributed by atoms with Crippen molar-refractivity contribution in [1.29, 1.82) is 0 Å². The van der Waals surface area contributed by atoms with Crippen molar-refractivity contribution in [2.75, 3.05) is 0 Å². The van der Waals surface area contributed by atoms with E-state index < -0.39 is 0 Å². The minimum Gasteiger partial charge on any atom is -0.263 e. The van der Waals surface area contributed by atoms with Gasteiger partial charge in [0.1, 0.15) is 0 Å². The zero-order chi connectivity index (χ0) is 33.3. The first-order valence-corrected chi connectivity index (χ1v) is 16.3. The molecule has 0 bridgehead atoms. The molecule has 0 unspecified atom stereocenters. The van der Waals surface area contributed by atoms with E-state index >= 15 is 0 Å². The van der Waals surface area contributed by atoms with E-state index in [1.807, 2.05) is 109 Å². The van der Waals surface area contributed by atoms with Gasteiger partial charge in [0.2, 0.25) is 0 Å². The average molecular weight is 642 g/mol. The molecule has 0 saturated carbocycles. The smallest absolute Gasteiger partial charge is 0.160 e. The number of rotatable bonds is 6. The number of para-hydroxylation sites is 2. The van der Waals surface area contributed by atoms with E-state index in [1.54, 1.807) is 12.4 Å². The van der Waals surface area contributed by atoms with Crippen LogP contribution >= 0.6 is 0 Å². The predicted molar refractivity (Wildman–Crippen MR) is 199 cm³/mol. The third kappa shape index (κ3) is 5.52. The summed E-state index contributed by atoms with van der Waals surface area (Å²) in [5.74, 6) is 1.26. The quantitative estimate of drug-likeness (QED) is 0.179. The molecule has 5 aromatic heterocycles. The second-order valence-electron chi connectivity index (χ2n) is 11.9. The molecule has 0 aliphatic carbocycles. The second kappa shape index (κ2) is 12.6. The van der Waals surface area contributed by atoms with Crippen molar-refractivity contribution in [2.45, 2.75) is 0 Å². The maximum absolute atomic E-state index is 5.17. The van der Waals surface area contributed by atoms with Gasteiger partial charge in [0, 0.05) is 68.9 Å². The molecule has 7 nitrogen and oxygen atoms in total. The molecular formula is C43H27N7. The molecule has 9 aromatic rings. The van der Waals surface area contributed by atoms with Gasteiger partial charge in [-0.2, -0.15) is 0 Å². The van der Waals surface area contributed by atoms with Crippen LogP contribution in [0.3, 0.4) is 0 Å². The highest BCUT2D eigenvalue weighted by Gasteiger charge is 2.16. The van der Waals surface area contributed by atoms with Crippen LogP contribution < -0.4 is 0 Å². The van der Waals surface area contributed by atoms with Gasteiger partial charge in [0.05, 0.1) is 33.8 Å². The molecule has 0 aliphatic rings. The minimum absolute atomic E-state index is 0.629. The molecule has 5 heterocycles. The lowest BCUT2D eigenvalue weighted by Crippen LogP contribution is -1.98. The molecule has 0 aliphatic heterocycles. The van der Waals surface area contributed by atoms with E-state index in [4.69, 9.17) is 24.9 Å². The maximum atomic E-state index is 5.17. The van der Waals surface area contributed by atoms with Gasteiger partial charge in [0.15, 0.2) is 11.6 Å². The Hall–Kier alpha value is -6.99. The minimum atomic E-state index is 0.629. The SMILES string of the molecule is c1ccc(-c2cccc(-c3nc(-c4cncc(-c5nc(-c6cccc(-c7ccccn7)c6)nc6ccccc56)c4)c4ccccc4n3)c2)nc1. The fourth-order valence-corrected chi connectivity index (χ4v) is 6.25. The third-order valence-corrected chi connectivity index (χ3v) is 8.65. The Morgan fingerprint density at radius 3 is 1.26 bits per heavy atom. The van der Waals surface area contributed by atoms with E-state index in [1.165, 1.54) is 0 Å². The van der Waals surface area contributed by atoms with Crippen LogP contribution in [0.2, 0.25) is 0 Å². The largest absolute Gasteiger partial charge is 0.263 e. The normalized spacial score (nSPS) is 11.2. The Bertz CT molecular complexity index is 2480. The summed E-state index contributed by atoms with van der Waals surface area (Å²) in [6, 6.07) is 46.5. The molecule has 0 atom stereocenters. The molecule has 234 valence electrons. The maximum Gasteiger partial charge on any atom is 0.160 e. The predicted octanol–water partition coefficient (Wildman–Crippen LogP) is 9.76. The Kier molecular flexibility index (Phi) is 7.33. The van der Waals surface area contributed by atoms with Gasteiger partial charge in [-0.3, -0.25) is 15.0 Å². The van der Waals surface area contributed by atoms with Gasteiger partial charge in [0.25, 0.3) is 0 Å². The number of hydrogen-bond acceptors (Lipinski definition) is 7. The van der Waals surface area contributed by atoms with Gasteiger partial charge in [-0.25, -0.2) is 19.9 Å². The lowest BCUT2D eigenvalue weighted by atomic mass is 10.0. The Balaban J connectivity index is 1.18. The van der Waals surface area contributed by atoms with Crippen molar-refractivity contribution in [2.24, 2.45) is 0 Å². The summed E-state index contributed by atoms with van der Waals surface area (Å²) in [6.45, 7) is 0. The highest BCUT2D eigenvalue weighted by Crippen LogP contribution is 2.35. The zero-order valence-electron chi connectivity index (χ0n) is 26.7. The van der Waals surface area contributed by atoms with Crippen LogP contribution in [0.1, 0.15) is 0 Å². The number of pyridine rings is 3. The van der Waals surface area contributed by atoms with Crippen LogP contribution in [0.5, 0.6) is 0 Å². The highest BCUT2D eigenvalue weighted by molar-refractivity contribution is 5.97. The van der Waals surface area contributed by atoms with Crippen molar-refractivity contribution in [3.05, 3.63) is 164 Å². The van der Waals surface area contributed by atoms with Crippen molar-refractivity contribution in [1.82, 2.24) is 34.9 Å². The van der Waals surface area contributed by atoms with Crippen molar-refractivity contribution in [3.8, 4) is 67.8 Å². The summed E-state index contributed by atoms with van der Waals surface area (Å²) >= 11 is 0. The Morgan fingerprint density at radius 2 is 0.780 bits per heavy atom. The molecule has 0 radical (unpaired) electrons. The van der Waals surface area contributed by atoms with E-state index in [0.717, 1.165) is 78.0 Å². The molecule has 0 fully saturated rings. The molecule has 4 aromatic carbocycles. The summed E-state index contributed by atoms with van der Waals surface area (Å²) in [4.78, 5) is 34.1. The van der Waals surface area contributed by atoms with Crippen LogP contribution in [-0.2, 0) is 0 Å². The van der Waals surface area contributed by atoms with Crippen LogP contribution in [0, 0.1) is 0 Å². The number of nitrogens with zero attached hydrogens (tertiary/aromatic N) is 7. The van der Waals surface area contributed by atoms with Gasteiger partial charge in [-0.15, -0.1) is 0 Å². The first kappa shape index (κ1) is 29.2. The van der Waals surface area contributed by atoms with Crippen LogP contribution in [0.25, 0.3) is 89.6 Å². The Labute approximate surface area is 288 Å². The number of fused-ring (bicyclic) bond motifs is 2. The first-order valence-electron chi connectivity index (χ1n) is 16.3. The van der Waals surface area contributed by atoms with Crippen LogP contribution in [0.15, 0.2) is 164 Å². The molecule has 0 spiro atoms. The summed E-state index contributed by atoms with van der Waals surface area (Å²) in [6.07, 6.45) is 7.31. The van der Waals surface area contributed by atoms with Crippen molar-refractivity contribution in [3.63, 3.8) is 0 Å². The van der Waals surface area contributed by atoms with Crippen molar-refractivity contribution >= 4 is 21.8 Å². The van der Waals surface area contributed by atoms with E-state index in [-0.39, 0.29) is 0 Å². The van der Waals surface area contributed by atoms with Gasteiger partial charge in [-0.05, 0) is 54.6 Å². The lowest BCUT2D eigenvalue weighted by molar-refractivity contribution is 1.20. The van der Waals surface area contributed by atoms with Gasteiger partial charge < -0.3 is 0 Å². The standard InChI is InChI=1S/C43H27N7/c1-3-19-38-34(15-1)40(49-42(47-38)30-13-9-11-28(23-30)36-17-5-7-21-45-36)32-25-33(27-44-26-32)41-35-16-2-4-20-39(35)48-43(50-41)31-14-10-12-29(24-31)37-18-6-8-22-46-37/h1-27H. The van der Waals surface area contributed by atoms with Gasteiger partial charge >= 0.3 is 0 Å². The highest BCUT2D eigenvalue weighted by atomic mass is 14.9. The average Bonchev–Trinajstić information content (AvgIpc) is 3.21. The fraction of sp³-hybridized carbons (Fsp3) is 0. The van der Waals surface area contributed by atoms with E-state index in [0.29, 0.717) is 11.6 Å². The topological polar surface area (TPSA) is 90.2 Å². The molecule has 7 heteroatoms. The second-order valence-corrected chi connectivity index (χ2v) is 11.9. The molecule has 0 amide bonds. The first-order chi connectivity index (χ1) is 24.8. The fourth-order valence-electron chi connectivity index (χ4n) is 6.25. The number of hydrogen-bond donors (Lipinski definition) is 0. The monoisotopic (exact) mass is 641 g/mol. The van der Waals surface area contributed by atoms with Crippen LogP contribution in [0.4, 0.5) is 0 Å². The summed E-state index contributed by atoms with van der Waals surface area (Å²) in [5.41, 5.74) is 10.6. The van der Waals surface area contributed by atoms with Gasteiger partial charge in [-0.1, -0.05) is 84.9 Å². The molecule has 0 N–H and O–H groups in total. The van der Waals surface area contributed by atoms with E-state index in [9.17, 15) is 0 Å². The number of benzene rings is 4. The number of aromatic nitrogens is 7. The summed E-state index contributed by atoms with van der Waals surface area (Å²) in [7, 11) is 0. The molecular weight excluding hydrogens is 615 g/mol. The Morgan fingerprint density at radius 1 is 0.340 bits per heavy atom. The molecule has 9 rings (SSSR count). The lowest BCUT2D eigenvalue weighted by Gasteiger charge is -2.12. The zero-order valence-corrected chi connectivity index (χ0v) is 26.7. The third-order valence-electron chi connectivity index (χ3n) is 8.65. The summed E-state index contributed by atoms with van der Waals surface area (Å²) in [5, 5.41) is 1.88. The molecule has 0 saturated heterocycles. The van der Waals surface area contributed by atoms with Crippen molar-refractivity contribution < 1.29 is 0 Å².